The van der Waals surface area contributed by atoms with Crippen LogP contribution in [0.4, 0.5) is 5.69 Å². The number of ether oxygens (including phenoxy) is 2. The summed E-state index contributed by atoms with van der Waals surface area (Å²) >= 11 is 0. The molecule has 17 heavy (non-hydrogen) atoms. The number of hydrogen-bond donors (Lipinski definition) is 1. The zero-order valence-electron chi connectivity index (χ0n) is 10.6. The first-order valence-corrected chi connectivity index (χ1v) is 5.78. The molecule has 4 nitrogen and oxygen atoms in total. The Kier molecular flexibility index (Phi) is 3.15. The van der Waals surface area contributed by atoms with Gasteiger partial charge in [-0.3, -0.25) is 0 Å². The standard InChI is InChI=1S/C13H19NO3/c1-13(2,15)9-14-6-7-17-12-5-4-10(16-3)8-11(12)14/h4-5,8,15H,6-7,9H2,1-3H3. The van der Waals surface area contributed by atoms with E-state index in [4.69, 9.17) is 9.47 Å². The lowest BCUT2D eigenvalue weighted by atomic mass is 10.1. The predicted molar refractivity (Wildman–Crippen MR) is 67.0 cm³/mol. The van der Waals surface area contributed by atoms with Crippen molar-refractivity contribution in [2.45, 2.75) is 19.4 Å². The molecule has 0 atom stereocenters. The Morgan fingerprint density at radius 2 is 2.24 bits per heavy atom. The van der Waals surface area contributed by atoms with Crippen LogP contribution in [0.1, 0.15) is 13.8 Å². The van der Waals surface area contributed by atoms with Crippen LogP contribution in [0, 0.1) is 0 Å². The Balaban J connectivity index is 2.29. The minimum atomic E-state index is -0.725. The second kappa shape index (κ2) is 4.45. The van der Waals surface area contributed by atoms with E-state index in [0.717, 1.165) is 23.7 Å². The largest absolute Gasteiger partial charge is 0.497 e. The van der Waals surface area contributed by atoms with Crippen molar-refractivity contribution in [2.75, 3.05) is 31.7 Å². The monoisotopic (exact) mass is 237 g/mol. The fourth-order valence-corrected chi connectivity index (χ4v) is 2.01. The number of benzene rings is 1. The quantitative estimate of drug-likeness (QED) is 0.868. The molecule has 0 aliphatic carbocycles. The second-order valence-corrected chi connectivity index (χ2v) is 4.92. The molecular formula is C13H19NO3. The Morgan fingerprint density at radius 3 is 2.88 bits per heavy atom. The number of β-amino-alcohol motifs (C(OH)–C–C–N with tert-alkyl or cyclic N) is 1. The maximum atomic E-state index is 9.91. The molecular weight excluding hydrogens is 218 g/mol. The average molecular weight is 237 g/mol. The maximum Gasteiger partial charge on any atom is 0.142 e. The van der Waals surface area contributed by atoms with Crippen LogP contribution < -0.4 is 14.4 Å². The van der Waals surface area contributed by atoms with Gasteiger partial charge in [0.2, 0.25) is 0 Å². The summed E-state index contributed by atoms with van der Waals surface area (Å²) in [5.74, 6) is 1.65. The number of nitrogens with zero attached hydrogens (tertiary/aromatic N) is 1. The molecule has 1 N–H and O–H groups in total. The summed E-state index contributed by atoms with van der Waals surface area (Å²) in [5.41, 5.74) is 0.259. The summed E-state index contributed by atoms with van der Waals surface area (Å²) < 4.78 is 10.8. The number of rotatable bonds is 3. The summed E-state index contributed by atoms with van der Waals surface area (Å²) in [7, 11) is 1.64. The molecule has 0 radical (unpaired) electrons. The van der Waals surface area contributed by atoms with Crippen LogP contribution in [0.3, 0.4) is 0 Å². The van der Waals surface area contributed by atoms with Crippen LogP contribution >= 0.6 is 0 Å². The minimum Gasteiger partial charge on any atom is -0.497 e. The normalized spacial score (nSPS) is 15.2. The van der Waals surface area contributed by atoms with Crippen molar-refractivity contribution < 1.29 is 14.6 Å². The van der Waals surface area contributed by atoms with Crippen LogP contribution in [-0.4, -0.2) is 37.5 Å². The van der Waals surface area contributed by atoms with Gasteiger partial charge in [0.05, 0.1) is 24.9 Å². The van der Waals surface area contributed by atoms with E-state index in [0.29, 0.717) is 13.2 Å². The Hall–Kier alpha value is -1.42. The van der Waals surface area contributed by atoms with Gasteiger partial charge in [-0.25, -0.2) is 0 Å². The third-order valence-electron chi connectivity index (χ3n) is 2.70. The van der Waals surface area contributed by atoms with Crippen molar-refractivity contribution in [2.24, 2.45) is 0 Å². The molecule has 1 aliphatic heterocycles. The van der Waals surface area contributed by atoms with Crippen molar-refractivity contribution >= 4 is 5.69 Å². The summed E-state index contributed by atoms with van der Waals surface area (Å²) in [5, 5.41) is 9.91. The lowest BCUT2D eigenvalue weighted by Crippen LogP contribution is -2.42. The van der Waals surface area contributed by atoms with Gasteiger partial charge in [0.1, 0.15) is 18.1 Å². The molecule has 0 saturated heterocycles. The van der Waals surface area contributed by atoms with E-state index >= 15 is 0 Å². The van der Waals surface area contributed by atoms with E-state index in [9.17, 15) is 5.11 Å². The van der Waals surface area contributed by atoms with E-state index in [-0.39, 0.29) is 0 Å². The molecule has 0 bridgehead atoms. The van der Waals surface area contributed by atoms with Crippen LogP contribution in [0.15, 0.2) is 18.2 Å². The molecule has 0 aromatic heterocycles. The lowest BCUT2D eigenvalue weighted by molar-refractivity contribution is 0.0854. The smallest absolute Gasteiger partial charge is 0.142 e. The Bertz CT molecular complexity index is 398. The van der Waals surface area contributed by atoms with Crippen molar-refractivity contribution in [3.05, 3.63) is 18.2 Å². The molecule has 0 amide bonds. The number of fused-ring (bicyclic) bond motifs is 1. The minimum absolute atomic E-state index is 0.580. The average Bonchev–Trinajstić information content (AvgIpc) is 2.27. The van der Waals surface area contributed by atoms with E-state index in [1.807, 2.05) is 32.0 Å². The molecule has 2 rings (SSSR count). The molecule has 1 aromatic rings. The highest BCUT2D eigenvalue weighted by atomic mass is 16.5. The maximum absolute atomic E-state index is 9.91. The van der Waals surface area contributed by atoms with Gasteiger partial charge in [-0.05, 0) is 26.0 Å². The van der Waals surface area contributed by atoms with Crippen LogP contribution in [-0.2, 0) is 0 Å². The second-order valence-electron chi connectivity index (χ2n) is 4.92. The first-order chi connectivity index (χ1) is 7.99. The van der Waals surface area contributed by atoms with Gasteiger partial charge in [-0.15, -0.1) is 0 Å². The van der Waals surface area contributed by atoms with E-state index in [1.54, 1.807) is 7.11 Å². The molecule has 1 aliphatic rings. The third kappa shape index (κ3) is 2.82. The first-order valence-electron chi connectivity index (χ1n) is 5.78. The number of aliphatic hydroxyl groups is 1. The summed E-state index contributed by atoms with van der Waals surface area (Å²) in [6.45, 7) is 5.63. The lowest BCUT2D eigenvalue weighted by Gasteiger charge is -2.35. The Morgan fingerprint density at radius 1 is 1.47 bits per heavy atom. The summed E-state index contributed by atoms with van der Waals surface area (Å²) in [6, 6.07) is 5.73. The van der Waals surface area contributed by atoms with Crippen molar-refractivity contribution in [3.8, 4) is 11.5 Å². The fraction of sp³-hybridized carbons (Fsp3) is 0.538. The molecule has 1 heterocycles. The topological polar surface area (TPSA) is 41.9 Å². The zero-order valence-corrected chi connectivity index (χ0v) is 10.6. The van der Waals surface area contributed by atoms with Gasteiger partial charge in [-0.1, -0.05) is 0 Å². The van der Waals surface area contributed by atoms with Gasteiger partial charge < -0.3 is 19.5 Å². The Labute approximate surface area is 102 Å². The highest BCUT2D eigenvalue weighted by Crippen LogP contribution is 2.35. The van der Waals surface area contributed by atoms with Crippen molar-refractivity contribution in [1.29, 1.82) is 0 Å². The number of methoxy groups -OCH3 is 1. The number of hydrogen-bond acceptors (Lipinski definition) is 4. The van der Waals surface area contributed by atoms with Gasteiger partial charge in [0.25, 0.3) is 0 Å². The van der Waals surface area contributed by atoms with Crippen molar-refractivity contribution in [1.82, 2.24) is 0 Å². The van der Waals surface area contributed by atoms with Crippen molar-refractivity contribution in [3.63, 3.8) is 0 Å². The molecule has 94 valence electrons. The predicted octanol–water partition coefficient (Wildman–Crippen LogP) is 1.66. The fourth-order valence-electron chi connectivity index (χ4n) is 2.01. The van der Waals surface area contributed by atoms with E-state index in [2.05, 4.69) is 4.90 Å². The first kappa shape index (κ1) is 12.0. The molecule has 1 aromatic carbocycles. The molecule has 0 fully saturated rings. The van der Waals surface area contributed by atoms with Gasteiger partial charge in [0, 0.05) is 12.6 Å². The van der Waals surface area contributed by atoms with Crippen LogP contribution in [0.25, 0.3) is 0 Å². The van der Waals surface area contributed by atoms with Crippen LogP contribution in [0.5, 0.6) is 11.5 Å². The SMILES string of the molecule is COc1ccc2c(c1)N(CC(C)(C)O)CCO2. The summed E-state index contributed by atoms with van der Waals surface area (Å²) in [4.78, 5) is 2.13. The molecule has 4 heteroatoms. The van der Waals surface area contributed by atoms with Crippen LogP contribution in [0.2, 0.25) is 0 Å². The van der Waals surface area contributed by atoms with Gasteiger partial charge in [0.15, 0.2) is 0 Å². The molecule has 0 unspecified atom stereocenters. The van der Waals surface area contributed by atoms with Gasteiger partial charge in [-0.2, -0.15) is 0 Å². The highest BCUT2D eigenvalue weighted by Gasteiger charge is 2.24. The van der Waals surface area contributed by atoms with Gasteiger partial charge >= 0.3 is 0 Å². The molecule has 0 saturated carbocycles. The van der Waals surface area contributed by atoms with E-state index in [1.165, 1.54) is 0 Å². The highest BCUT2D eigenvalue weighted by molar-refractivity contribution is 5.63. The summed E-state index contributed by atoms with van der Waals surface area (Å²) in [6.07, 6.45) is 0. The third-order valence-corrected chi connectivity index (χ3v) is 2.70. The number of anilines is 1. The molecule has 0 spiro atoms. The zero-order chi connectivity index (χ0) is 12.5. The van der Waals surface area contributed by atoms with E-state index < -0.39 is 5.60 Å².